The van der Waals surface area contributed by atoms with E-state index in [1.165, 1.54) is 11.3 Å². The van der Waals surface area contributed by atoms with Gasteiger partial charge in [-0.3, -0.25) is 4.79 Å². The molecule has 0 fully saturated rings. The number of hydrogen-bond acceptors (Lipinski definition) is 3. The van der Waals surface area contributed by atoms with Gasteiger partial charge in [-0.25, -0.2) is 0 Å². The van der Waals surface area contributed by atoms with E-state index in [1.54, 1.807) is 0 Å². The Balaban J connectivity index is 0.00000169. The highest BCUT2D eigenvalue weighted by atomic mass is 35.5. The molecule has 14 heavy (non-hydrogen) atoms. The van der Waals surface area contributed by atoms with Crippen molar-refractivity contribution >= 4 is 29.7 Å². The van der Waals surface area contributed by atoms with E-state index >= 15 is 0 Å². The maximum atomic E-state index is 11.5. The first kappa shape index (κ1) is 13.4. The summed E-state index contributed by atoms with van der Waals surface area (Å²) in [5.74, 6) is -0.0308. The van der Waals surface area contributed by atoms with Crippen molar-refractivity contribution in [1.82, 2.24) is 5.32 Å². The van der Waals surface area contributed by atoms with Gasteiger partial charge in [0, 0.05) is 18.0 Å². The highest BCUT2D eigenvalue weighted by Crippen LogP contribution is 2.13. The van der Waals surface area contributed by atoms with Crippen molar-refractivity contribution in [2.75, 3.05) is 6.54 Å². The largest absolute Gasteiger partial charge is 0.348 e. The predicted molar refractivity (Wildman–Crippen MR) is 62.3 cm³/mol. The Hall–Kier alpha value is -0.580. The monoisotopic (exact) mass is 234 g/mol. The molecule has 1 rings (SSSR count). The van der Waals surface area contributed by atoms with Gasteiger partial charge in [0.2, 0.25) is 0 Å². The Morgan fingerprint density at radius 3 is 2.71 bits per heavy atom. The summed E-state index contributed by atoms with van der Waals surface area (Å²) in [5.41, 5.74) is 7.17. The van der Waals surface area contributed by atoms with Crippen LogP contribution >= 0.6 is 23.7 Å². The number of hydrogen-bond donors (Lipinski definition) is 2. The molecule has 5 heteroatoms. The number of nitrogens with one attached hydrogen (secondary N) is 1. The lowest BCUT2D eigenvalue weighted by atomic mass is 10.2. The molecule has 1 atom stereocenters. The Bertz CT molecular complexity index is 301. The molecule has 1 heterocycles. The molecule has 80 valence electrons. The number of aryl methyl sites for hydroxylation is 1. The minimum atomic E-state index is -0.0308. The van der Waals surface area contributed by atoms with E-state index in [9.17, 15) is 4.79 Å². The minimum Gasteiger partial charge on any atom is -0.348 e. The first-order valence-corrected chi connectivity index (χ1v) is 5.13. The summed E-state index contributed by atoms with van der Waals surface area (Å²) in [6, 6.07) is 0.0341. The third-order valence-corrected chi connectivity index (χ3v) is 2.69. The quantitative estimate of drug-likeness (QED) is 0.834. The first-order chi connectivity index (χ1) is 6.15. The number of halogens is 1. The molecule has 3 nitrogen and oxygen atoms in total. The van der Waals surface area contributed by atoms with Crippen LogP contribution in [0.15, 0.2) is 10.8 Å². The molecular formula is C9H15ClN2OS. The second-order valence-electron chi connectivity index (χ2n) is 3.08. The summed E-state index contributed by atoms with van der Waals surface area (Å²) in [5, 5.41) is 6.63. The van der Waals surface area contributed by atoms with Crippen molar-refractivity contribution in [3.63, 3.8) is 0 Å². The maximum absolute atomic E-state index is 11.5. The van der Waals surface area contributed by atoms with Gasteiger partial charge in [-0.2, -0.15) is 11.3 Å². The molecule has 1 amide bonds. The van der Waals surface area contributed by atoms with E-state index in [4.69, 9.17) is 5.73 Å². The van der Waals surface area contributed by atoms with Gasteiger partial charge in [0.1, 0.15) is 0 Å². The Labute approximate surface area is 94.1 Å². The number of rotatable bonds is 3. The summed E-state index contributed by atoms with van der Waals surface area (Å²) < 4.78 is 0. The van der Waals surface area contributed by atoms with Crippen molar-refractivity contribution in [3.05, 3.63) is 21.9 Å². The van der Waals surface area contributed by atoms with Crippen molar-refractivity contribution in [2.24, 2.45) is 5.73 Å². The second-order valence-corrected chi connectivity index (χ2v) is 3.82. The molecule has 0 aliphatic heterocycles. The van der Waals surface area contributed by atoms with E-state index in [-0.39, 0.29) is 24.4 Å². The third kappa shape index (κ3) is 3.29. The molecule has 0 unspecified atom stereocenters. The third-order valence-electron chi connectivity index (χ3n) is 1.83. The summed E-state index contributed by atoms with van der Waals surface area (Å²) in [7, 11) is 0. The van der Waals surface area contributed by atoms with Gasteiger partial charge in [-0.1, -0.05) is 0 Å². The molecule has 0 spiro atoms. The molecular weight excluding hydrogens is 220 g/mol. The van der Waals surface area contributed by atoms with Crippen molar-refractivity contribution in [1.29, 1.82) is 0 Å². The van der Waals surface area contributed by atoms with Crippen LogP contribution in [0.5, 0.6) is 0 Å². The van der Waals surface area contributed by atoms with Crippen LogP contribution in [0.2, 0.25) is 0 Å². The highest BCUT2D eigenvalue weighted by Gasteiger charge is 2.11. The van der Waals surface area contributed by atoms with E-state index in [2.05, 4.69) is 5.32 Å². The second kappa shape index (κ2) is 6.01. The minimum absolute atomic E-state index is 0. The van der Waals surface area contributed by atoms with Crippen molar-refractivity contribution in [3.8, 4) is 0 Å². The van der Waals surface area contributed by atoms with Gasteiger partial charge < -0.3 is 11.1 Å². The Kier molecular flexibility index (Phi) is 5.76. The molecule has 0 aliphatic rings. The van der Waals surface area contributed by atoms with Crippen molar-refractivity contribution < 1.29 is 4.79 Å². The van der Waals surface area contributed by atoms with Crippen LogP contribution < -0.4 is 11.1 Å². The standard InChI is InChI=1S/C9H14N2OS.ClH/c1-6-4-13-5-8(6)9(12)11-7(2)3-10;/h4-5,7H,3,10H2,1-2H3,(H,11,12);1H/t7-;/m0./s1. The summed E-state index contributed by atoms with van der Waals surface area (Å²) in [6.07, 6.45) is 0. The molecule has 0 aliphatic carbocycles. The van der Waals surface area contributed by atoms with E-state index in [0.29, 0.717) is 6.54 Å². The van der Waals surface area contributed by atoms with Crippen LogP contribution in [0.1, 0.15) is 22.8 Å². The smallest absolute Gasteiger partial charge is 0.252 e. The van der Waals surface area contributed by atoms with Crippen LogP contribution in [0.4, 0.5) is 0 Å². The van der Waals surface area contributed by atoms with E-state index in [0.717, 1.165) is 11.1 Å². The lowest BCUT2D eigenvalue weighted by Gasteiger charge is -2.10. The molecule has 1 aromatic heterocycles. The number of carbonyl (C=O) groups is 1. The summed E-state index contributed by atoms with van der Waals surface area (Å²) in [4.78, 5) is 11.5. The average Bonchev–Trinajstić information content (AvgIpc) is 2.51. The number of amides is 1. The fourth-order valence-corrected chi connectivity index (χ4v) is 1.78. The Morgan fingerprint density at radius 1 is 1.64 bits per heavy atom. The number of thiophene rings is 1. The lowest BCUT2D eigenvalue weighted by Crippen LogP contribution is -2.37. The van der Waals surface area contributed by atoms with Gasteiger partial charge >= 0.3 is 0 Å². The van der Waals surface area contributed by atoms with Gasteiger partial charge in [0.25, 0.3) is 5.91 Å². The fraction of sp³-hybridized carbons (Fsp3) is 0.444. The summed E-state index contributed by atoms with van der Waals surface area (Å²) in [6.45, 7) is 4.28. The van der Waals surface area contributed by atoms with Gasteiger partial charge in [0.15, 0.2) is 0 Å². The SMILES string of the molecule is Cc1cscc1C(=O)N[C@@H](C)CN.Cl. The zero-order chi connectivity index (χ0) is 9.84. The van der Waals surface area contributed by atoms with Gasteiger partial charge in [0.05, 0.1) is 5.56 Å². The highest BCUT2D eigenvalue weighted by molar-refractivity contribution is 7.08. The molecule has 1 aromatic rings. The molecule has 0 bridgehead atoms. The molecule has 0 radical (unpaired) electrons. The number of nitrogens with two attached hydrogens (primary N) is 1. The van der Waals surface area contributed by atoms with Gasteiger partial charge in [-0.15, -0.1) is 12.4 Å². The summed E-state index contributed by atoms with van der Waals surface area (Å²) >= 11 is 1.54. The molecule has 3 N–H and O–H groups in total. The lowest BCUT2D eigenvalue weighted by molar-refractivity contribution is 0.0941. The number of carbonyl (C=O) groups excluding carboxylic acids is 1. The molecule has 0 aromatic carbocycles. The average molecular weight is 235 g/mol. The normalized spacial score (nSPS) is 11.6. The zero-order valence-corrected chi connectivity index (χ0v) is 9.87. The van der Waals surface area contributed by atoms with Crippen molar-refractivity contribution in [2.45, 2.75) is 19.9 Å². The molecule has 0 saturated carbocycles. The van der Waals surface area contributed by atoms with Crippen LogP contribution in [-0.2, 0) is 0 Å². The maximum Gasteiger partial charge on any atom is 0.252 e. The fourth-order valence-electron chi connectivity index (χ4n) is 0.954. The molecule has 0 saturated heterocycles. The van der Waals surface area contributed by atoms with Crippen LogP contribution in [-0.4, -0.2) is 18.5 Å². The first-order valence-electron chi connectivity index (χ1n) is 4.19. The van der Waals surface area contributed by atoms with Crippen LogP contribution in [0.3, 0.4) is 0 Å². The van der Waals surface area contributed by atoms with E-state index in [1.807, 2.05) is 24.6 Å². The van der Waals surface area contributed by atoms with Crippen LogP contribution in [0.25, 0.3) is 0 Å². The topological polar surface area (TPSA) is 55.1 Å². The van der Waals surface area contributed by atoms with Gasteiger partial charge in [-0.05, 0) is 24.8 Å². The Morgan fingerprint density at radius 2 is 2.29 bits per heavy atom. The van der Waals surface area contributed by atoms with Crippen LogP contribution in [0, 0.1) is 6.92 Å². The zero-order valence-electron chi connectivity index (χ0n) is 8.24. The predicted octanol–water partition coefficient (Wildman–Crippen LogP) is 1.56. The van der Waals surface area contributed by atoms with E-state index < -0.39 is 0 Å².